The largest absolute Gasteiger partial charge is 0.468 e. The summed E-state index contributed by atoms with van der Waals surface area (Å²) in [5.41, 5.74) is 2.28. The summed E-state index contributed by atoms with van der Waals surface area (Å²) in [7, 11) is 1.49. The molecule has 1 aromatic heterocycles. The Hall–Kier alpha value is -2.76. The van der Waals surface area contributed by atoms with Crippen molar-refractivity contribution in [1.82, 2.24) is 10.2 Å². The molecule has 1 N–H and O–H groups in total. The van der Waals surface area contributed by atoms with Gasteiger partial charge in [0.15, 0.2) is 5.76 Å². The van der Waals surface area contributed by atoms with Crippen LogP contribution in [0.3, 0.4) is 0 Å². The fourth-order valence-corrected chi connectivity index (χ4v) is 3.23. The predicted molar refractivity (Wildman–Crippen MR) is 92.7 cm³/mol. The van der Waals surface area contributed by atoms with Crippen LogP contribution in [0, 0.1) is 6.92 Å². The highest BCUT2D eigenvalue weighted by molar-refractivity contribution is 5.92. The van der Waals surface area contributed by atoms with Crippen LogP contribution in [0.25, 0.3) is 0 Å². The number of likely N-dealkylation sites (tertiary alicyclic amines) is 1. The topological polar surface area (TPSA) is 71.8 Å². The van der Waals surface area contributed by atoms with Gasteiger partial charge in [-0.25, -0.2) is 0 Å². The Kier molecular flexibility index (Phi) is 4.79. The maximum atomic E-state index is 12.7. The summed E-state index contributed by atoms with van der Waals surface area (Å²) >= 11 is 0. The number of carbonyl (C=O) groups excluding carboxylic acids is 2. The number of hydrogen-bond donors (Lipinski definition) is 1. The summed E-state index contributed by atoms with van der Waals surface area (Å²) in [4.78, 5) is 26.0. The second kappa shape index (κ2) is 7.01. The standard InChI is InChI=1S/C19H22N2O4/c1-12-4-6-14(7-5-12)15-10-21(11-16(15)20-13(2)22)19(23)17-8-9-18(24-3)25-17/h4-9,15-16H,10-11H2,1-3H3,(H,20,22). The molecule has 0 radical (unpaired) electrons. The highest BCUT2D eigenvalue weighted by Gasteiger charge is 2.37. The van der Waals surface area contributed by atoms with Crippen molar-refractivity contribution in [2.45, 2.75) is 25.8 Å². The smallest absolute Gasteiger partial charge is 0.289 e. The first-order valence-electron chi connectivity index (χ1n) is 8.24. The Morgan fingerprint density at radius 2 is 1.88 bits per heavy atom. The average molecular weight is 342 g/mol. The summed E-state index contributed by atoms with van der Waals surface area (Å²) < 4.78 is 10.4. The lowest BCUT2D eigenvalue weighted by atomic mass is 9.93. The first-order valence-corrected chi connectivity index (χ1v) is 8.24. The van der Waals surface area contributed by atoms with Gasteiger partial charge < -0.3 is 19.4 Å². The third-order valence-corrected chi connectivity index (χ3v) is 4.49. The monoisotopic (exact) mass is 342 g/mol. The van der Waals surface area contributed by atoms with Crippen LogP contribution < -0.4 is 10.1 Å². The molecular formula is C19H22N2O4. The normalized spacial score (nSPS) is 19.7. The van der Waals surface area contributed by atoms with E-state index in [4.69, 9.17) is 9.15 Å². The SMILES string of the molecule is COc1ccc(C(=O)N2CC(NC(C)=O)C(c3ccc(C)cc3)C2)o1. The number of methoxy groups -OCH3 is 1. The lowest BCUT2D eigenvalue weighted by molar-refractivity contribution is -0.119. The summed E-state index contributed by atoms with van der Waals surface area (Å²) in [6, 6.07) is 11.3. The maximum absolute atomic E-state index is 12.7. The minimum absolute atomic E-state index is 0.0466. The molecule has 0 saturated carbocycles. The first-order chi connectivity index (χ1) is 12.0. The van der Waals surface area contributed by atoms with Gasteiger partial charge in [0.2, 0.25) is 5.91 Å². The number of nitrogens with one attached hydrogen (secondary N) is 1. The molecule has 2 aromatic rings. The summed E-state index contributed by atoms with van der Waals surface area (Å²) in [5, 5.41) is 2.97. The molecule has 0 spiro atoms. The molecular weight excluding hydrogens is 320 g/mol. The molecule has 0 aliphatic carbocycles. The Labute approximate surface area is 146 Å². The fourth-order valence-electron chi connectivity index (χ4n) is 3.23. The zero-order chi connectivity index (χ0) is 18.0. The molecule has 6 nitrogen and oxygen atoms in total. The van der Waals surface area contributed by atoms with Gasteiger partial charge in [-0.15, -0.1) is 0 Å². The van der Waals surface area contributed by atoms with E-state index < -0.39 is 0 Å². The molecule has 2 atom stereocenters. The Balaban J connectivity index is 1.81. The van der Waals surface area contributed by atoms with Crippen LogP contribution in [0.4, 0.5) is 0 Å². The Morgan fingerprint density at radius 1 is 1.16 bits per heavy atom. The van der Waals surface area contributed by atoms with Gasteiger partial charge in [-0.1, -0.05) is 29.8 Å². The summed E-state index contributed by atoms with van der Waals surface area (Å²) in [6.45, 7) is 4.49. The average Bonchev–Trinajstić information content (AvgIpc) is 3.21. The van der Waals surface area contributed by atoms with Crippen molar-refractivity contribution in [2.75, 3.05) is 20.2 Å². The molecule has 25 heavy (non-hydrogen) atoms. The molecule has 1 aromatic carbocycles. The Bertz CT molecular complexity index is 766. The number of furan rings is 1. The van der Waals surface area contributed by atoms with Crippen LogP contribution in [0.1, 0.15) is 34.5 Å². The number of rotatable bonds is 4. The number of amides is 2. The van der Waals surface area contributed by atoms with E-state index in [9.17, 15) is 9.59 Å². The van der Waals surface area contributed by atoms with Gasteiger partial charge in [-0.3, -0.25) is 9.59 Å². The van der Waals surface area contributed by atoms with E-state index in [1.807, 2.05) is 19.1 Å². The van der Waals surface area contributed by atoms with Gasteiger partial charge in [0.25, 0.3) is 11.9 Å². The molecule has 3 rings (SSSR count). The molecule has 1 saturated heterocycles. The summed E-state index contributed by atoms with van der Waals surface area (Å²) in [5.74, 6) is 0.286. The third kappa shape index (κ3) is 3.68. The number of aryl methyl sites for hydroxylation is 1. The molecule has 1 fully saturated rings. The molecule has 0 bridgehead atoms. The molecule has 2 heterocycles. The van der Waals surface area contributed by atoms with E-state index in [-0.39, 0.29) is 29.5 Å². The molecule has 1 aliphatic rings. The zero-order valence-electron chi connectivity index (χ0n) is 14.6. The molecule has 6 heteroatoms. The number of benzene rings is 1. The molecule has 132 valence electrons. The van der Waals surface area contributed by atoms with Crippen LogP contribution in [0.5, 0.6) is 5.95 Å². The van der Waals surface area contributed by atoms with E-state index in [1.165, 1.54) is 19.6 Å². The fraction of sp³-hybridized carbons (Fsp3) is 0.368. The first kappa shape index (κ1) is 17.1. The number of nitrogens with zero attached hydrogens (tertiary/aromatic N) is 1. The van der Waals surface area contributed by atoms with E-state index in [1.54, 1.807) is 17.0 Å². The van der Waals surface area contributed by atoms with Crippen molar-refractivity contribution >= 4 is 11.8 Å². The second-order valence-corrected chi connectivity index (χ2v) is 6.36. The molecule has 1 aliphatic heterocycles. The number of hydrogen-bond acceptors (Lipinski definition) is 4. The van der Waals surface area contributed by atoms with Crippen LogP contribution in [-0.4, -0.2) is 43.0 Å². The quantitative estimate of drug-likeness (QED) is 0.926. The minimum Gasteiger partial charge on any atom is -0.468 e. The van der Waals surface area contributed by atoms with Crippen molar-refractivity contribution in [3.05, 3.63) is 53.3 Å². The van der Waals surface area contributed by atoms with Gasteiger partial charge in [-0.05, 0) is 18.6 Å². The van der Waals surface area contributed by atoms with Gasteiger partial charge >= 0.3 is 0 Å². The van der Waals surface area contributed by atoms with Crippen LogP contribution in [-0.2, 0) is 4.79 Å². The van der Waals surface area contributed by atoms with Crippen LogP contribution >= 0.6 is 0 Å². The van der Waals surface area contributed by atoms with Crippen molar-refractivity contribution in [3.63, 3.8) is 0 Å². The number of ether oxygens (including phenoxy) is 1. The lowest BCUT2D eigenvalue weighted by Gasteiger charge is -2.19. The van der Waals surface area contributed by atoms with Gasteiger partial charge in [0, 0.05) is 32.0 Å². The minimum atomic E-state index is -0.201. The van der Waals surface area contributed by atoms with Crippen LogP contribution in [0.2, 0.25) is 0 Å². The molecule has 2 unspecified atom stereocenters. The van der Waals surface area contributed by atoms with Crippen LogP contribution in [0.15, 0.2) is 40.8 Å². The van der Waals surface area contributed by atoms with Gasteiger partial charge in [0.1, 0.15) is 0 Å². The van der Waals surface area contributed by atoms with Gasteiger partial charge in [-0.2, -0.15) is 0 Å². The molecule has 2 amide bonds. The highest BCUT2D eigenvalue weighted by Crippen LogP contribution is 2.30. The number of carbonyl (C=O) groups is 2. The maximum Gasteiger partial charge on any atom is 0.289 e. The van der Waals surface area contributed by atoms with Crippen molar-refractivity contribution in [1.29, 1.82) is 0 Å². The van der Waals surface area contributed by atoms with Crippen molar-refractivity contribution < 1.29 is 18.7 Å². The van der Waals surface area contributed by atoms with Gasteiger partial charge in [0.05, 0.1) is 13.2 Å². The van der Waals surface area contributed by atoms with Crippen molar-refractivity contribution in [3.8, 4) is 5.95 Å². The second-order valence-electron chi connectivity index (χ2n) is 6.36. The highest BCUT2D eigenvalue weighted by atomic mass is 16.6. The van der Waals surface area contributed by atoms with E-state index in [0.717, 1.165) is 5.56 Å². The van der Waals surface area contributed by atoms with E-state index >= 15 is 0 Å². The Morgan fingerprint density at radius 3 is 2.48 bits per heavy atom. The van der Waals surface area contributed by atoms with E-state index in [0.29, 0.717) is 19.0 Å². The van der Waals surface area contributed by atoms with E-state index in [2.05, 4.69) is 17.4 Å². The third-order valence-electron chi connectivity index (χ3n) is 4.49. The lowest BCUT2D eigenvalue weighted by Crippen LogP contribution is -2.39. The predicted octanol–water partition coefficient (Wildman–Crippen LogP) is 2.34. The summed E-state index contributed by atoms with van der Waals surface area (Å²) in [6.07, 6.45) is 0. The van der Waals surface area contributed by atoms with Crippen molar-refractivity contribution in [2.24, 2.45) is 0 Å². The zero-order valence-corrected chi connectivity index (χ0v) is 14.6.